The summed E-state index contributed by atoms with van der Waals surface area (Å²) in [5.74, 6) is -0.558. The lowest BCUT2D eigenvalue weighted by Gasteiger charge is -2.15. The molecule has 0 radical (unpaired) electrons. The molecule has 0 bridgehead atoms. The van der Waals surface area contributed by atoms with Gasteiger partial charge in [-0.05, 0) is 84.9 Å². The molecule has 0 aliphatic carbocycles. The van der Waals surface area contributed by atoms with E-state index in [1.165, 1.54) is 0 Å². The first-order chi connectivity index (χ1) is 15.7. The molecule has 8 heteroatoms. The van der Waals surface area contributed by atoms with Gasteiger partial charge in [0, 0.05) is 24.5 Å². The van der Waals surface area contributed by atoms with Crippen LogP contribution in [0.15, 0.2) is 24.3 Å². The molecule has 186 valence electrons. The van der Waals surface area contributed by atoms with Crippen molar-refractivity contribution in [1.82, 2.24) is 0 Å². The van der Waals surface area contributed by atoms with E-state index in [9.17, 15) is 14.4 Å². The first kappa shape index (κ1) is 29.6. The van der Waals surface area contributed by atoms with Gasteiger partial charge in [-0.1, -0.05) is 31.8 Å². The van der Waals surface area contributed by atoms with Gasteiger partial charge in [0.1, 0.15) is 0 Å². The van der Waals surface area contributed by atoms with Crippen LogP contribution in [0.25, 0.3) is 0 Å². The van der Waals surface area contributed by atoms with E-state index in [-0.39, 0.29) is 24.3 Å². The maximum atomic E-state index is 11.8. The van der Waals surface area contributed by atoms with E-state index in [2.05, 4.69) is 42.2 Å². The van der Waals surface area contributed by atoms with Crippen molar-refractivity contribution in [1.29, 1.82) is 0 Å². The van der Waals surface area contributed by atoms with Crippen LogP contribution >= 0.6 is 22.6 Å². The molecule has 0 saturated carbocycles. The number of carbonyl (C=O) groups is 3. The van der Waals surface area contributed by atoms with Gasteiger partial charge < -0.3 is 14.2 Å². The second-order valence-corrected chi connectivity index (χ2v) is 16.3. The molecule has 1 aromatic carbocycles. The average Bonchev–Trinajstić information content (AvgIpc) is 2.73. The number of hydrogen-bond donors (Lipinski definition) is 0. The summed E-state index contributed by atoms with van der Waals surface area (Å²) >= 11 is 2.23. The maximum absolute atomic E-state index is 11.8. The molecule has 1 aromatic rings. The Morgan fingerprint density at radius 2 is 1.18 bits per heavy atom. The summed E-state index contributed by atoms with van der Waals surface area (Å²) in [5, 5.41) is 0. The number of ether oxygens (including phenoxy) is 3. The molecule has 0 atom stereocenters. The van der Waals surface area contributed by atoms with Crippen LogP contribution in [0.1, 0.15) is 56.9 Å². The second kappa shape index (κ2) is 17.1. The van der Waals surface area contributed by atoms with Crippen molar-refractivity contribution in [2.45, 2.75) is 83.5 Å². The van der Waals surface area contributed by atoms with E-state index in [1.807, 2.05) is 24.3 Å². The van der Waals surface area contributed by atoms with Crippen molar-refractivity contribution in [2.75, 3.05) is 19.8 Å². The predicted octanol–water partition coefficient (Wildman–Crippen LogP) is 5.92. The highest BCUT2D eigenvalue weighted by molar-refractivity contribution is 14.1. The minimum Gasteiger partial charge on any atom is -0.466 e. The third kappa shape index (κ3) is 17.7. The monoisotopic (exact) mass is 590 g/mol. The molecule has 0 heterocycles. The Kier molecular flexibility index (Phi) is 15.3. The molecule has 0 aliphatic heterocycles. The van der Waals surface area contributed by atoms with Crippen LogP contribution < -0.4 is 0 Å². The first-order valence-electron chi connectivity index (χ1n) is 11.9. The van der Waals surface area contributed by atoms with E-state index >= 15 is 0 Å². The number of unbranched alkanes of at least 4 members (excludes halogenated alkanes) is 4. The molecule has 0 spiro atoms. The summed E-state index contributed by atoms with van der Waals surface area (Å²) in [5.41, 5.74) is 0.945. The Hall–Kier alpha value is -1.42. The summed E-state index contributed by atoms with van der Waals surface area (Å²) in [6.07, 6.45) is 5.69. The topological polar surface area (TPSA) is 78.9 Å². The Balaban J connectivity index is 1.91. The van der Waals surface area contributed by atoms with Crippen LogP contribution in [0.2, 0.25) is 25.7 Å². The zero-order chi connectivity index (χ0) is 24.5. The van der Waals surface area contributed by atoms with Gasteiger partial charge in [0.25, 0.3) is 0 Å². The van der Waals surface area contributed by atoms with Crippen LogP contribution in [-0.4, -0.2) is 45.8 Å². The van der Waals surface area contributed by atoms with Gasteiger partial charge in [-0.2, -0.15) is 0 Å². The van der Waals surface area contributed by atoms with Crippen molar-refractivity contribution in [3.63, 3.8) is 0 Å². The molecule has 33 heavy (non-hydrogen) atoms. The molecule has 0 N–H and O–H groups in total. The highest BCUT2D eigenvalue weighted by atomic mass is 127. The Bertz CT molecular complexity index is 715. The molecule has 0 unspecified atom stereocenters. The molecule has 0 fully saturated rings. The lowest BCUT2D eigenvalue weighted by Crippen LogP contribution is -2.22. The minimum atomic E-state index is -1.17. The second-order valence-electron chi connectivity index (χ2n) is 9.40. The maximum Gasteiger partial charge on any atom is 0.310 e. The van der Waals surface area contributed by atoms with Crippen molar-refractivity contribution >= 4 is 48.6 Å². The van der Waals surface area contributed by atoms with Gasteiger partial charge in [-0.3, -0.25) is 14.4 Å². The number of halogens is 1. The highest BCUT2D eigenvalue weighted by Crippen LogP contribution is 2.10. The Morgan fingerprint density at radius 1 is 0.697 bits per heavy atom. The molecule has 1 rings (SSSR count). The fourth-order valence-electron chi connectivity index (χ4n) is 2.90. The fraction of sp³-hybridized carbons (Fsp3) is 0.640. The molecular weight excluding hydrogens is 551 g/mol. The predicted molar refractivity (Wildman–Crippen MR) is 141 cm³/mol. The van der Waals surface area contributed by atoms with Crippen LogP contribution in [0.4, 0.5) is 0 Å². The average molecular weight is 591 g/mol. The standard InChI is InChI=1S/C25H39IO6Si/c1-33(2,3)19-18-32-24(28)11-7-4-8-16-30-23(27)10-6-5-9-17-31-25(29)20-21-12-14-22(26)15-13-21/h12-15H,4-11,16-20H2,1-3H3. The molecule has 0 saturated heterocycles. The van der Waals surface area contributed by atoms with Crippen LogP contribution in [0.5, 0.6) is 0 Å². The van der Waals surface area contributed by atoms with Crippen molar-refractivity contribution in [3.05, 3.63) is 33.4 Å². The number of esters is 3. The quantitative estimate of drug-likeness (QED) is 0.0737. The van der Waals surface area contributed by atoms with Gasteiger partial charge in [0.15, 0.2) is 0 Å². The van der Waals surface area contributed by atoms with Crippen LogP contribution in [-0.2, 0) is 35.0 Å². The molecule has 0 aliphatic rings. The molecule has 6 nitrogen and oxygen atoms in total. The summed E-state index contributed by atoms with van der Waals surface area (Å²) in [7, 11) is -1.17. The lowest BCUT2D eigenvalue weighted by atomic mass is 10.1. The zero-order valence-electron chi connectivity index (χ0n) is 20.3. The van der Waals surface area contributed by atoms with E-state index in [0.29, 0.717) is 32.7 Å². The number of carbonyl (C=O) groups excluding carboxylic acids is 3. The highest BCUT2D eigenvalue weighted by Gasteiger charge is 2.13. The fourth-order valence-corrected chi connectivity index (χ4v) is 3.98. The number of hydrogen-bond acceptors (Lipinski definition) is 6. The lowest BCUT2D eigenvalue weighted by molar-refractivity contribution is -0.145. The summed E-state index contributed by atoms with van der Waals surface area (Å²) in [6, 6.07) is 8.79. The van der Waals surface area contributed by atoms with E-state index in [4.69, 9.17) is 14.2 Å². The first-order valence-corrected chi connectivity index (χ1v) is 16.7. The van der Waals surface area contributed by atoms with Gasteiger partial charge in [-0.25, -0.2) is 0 Å². The third-order valence-electron chi connectivity index (χ3n) is 4.95. The van der Waals surface area contributed by atoms with Crippen LogP contribution in [0, 0.1) is 3.57 Å². The third-order valence-corrected chi connectivity index (χ3v) is 7.38. The Labute approximate surface area is 213 Å². The largest absolute Gasteiger partial charge is 0.466 e. The summed E-state index contributed by atoms with van der Waals surface area (Å²) < 4.78 is 16.9. The van der Waals surface area contributed by atoms with Crippen molar-refractivity contribution in [3.8, 4) is 0 Å². The van der Waals surface area contributed by atoms with Gasteiger partial charge in [0.2, 0.25) is 0 Å². The molecular formula is C25H39IO6Si. The van der Waals surface area contributed by atoms with Gasteiger partial charge in [0.05, 0.1) is 26.2 Å². The van der Waals surface area contributed by atoms with Crippen molar-refractivity contribution < 1.29 is 28.6 Å². The van der Waals surface area contributed by atoms with Gasteiger partial charge in [-0.15, -0.1) is 0 Å². The number of rotatable bonds is 17. The minimum absolute atomic E-state index is 0.134. The Morgan fingerprint density at radius 3 is 1.70 bits per heavy atom. The van der Waals surface area contributed by atoms with E-state index in [1.54, 1.807) is 0 Å². The number of benzene rings is 1. The van der Waals surface area contributed by atoms with Crippen LogP contribution in [0.3, 0.4) is 0 Å². The normalized spacial score (nSPS) is 11.2. The summed E-state index contributed by atoms with van der Waals surface area (Å²) in [4.78, 5) is 35.3. The smallest absolute Gasteiger partial charge is 0.310 e. The molecule has 0 aromatic heterocycles. The molecule has 0 amide bonds. The van der Waals surface area contributed by atoms with Gasteiger partial charge >= 0.3 is 17.9 Å². The van der Waals surface area contributed by atoms with E-state index in [0.717, 1.165) is 53.7 Å². The zero-order valence-corrected chi connectivity index (χ0v) is 23.5. The van der Waals surface area contributed by atoms with Crippen molar-refractivity contribution in [2.24, 2.45) is 0 Å². The summed E-state index contributed by atoms with van der Waals surface area (Å²) in [6.45, 7) is 8.06. The SMILES string of the molecule is C[Si](C)(C)CCOC(=O)CCCCCOC(=O)CCCCCOC(=O)Cc1ccc(I)cc1. The van der Waals surface area contributed by atoms with E-state index < -0.39 is 8.07 Å².